The number of ketones is 1. The Labute approximate surface area is 140 Å². The molecule has 0 amide bonds. The van der Waals surface area contributed by atoms with Crippen LogP contribution in [0.5, 0.6) is 5.75 Å². The summed E-state index contributed by atoms with van der Waals surface area (Å²) in [6.45, 7) is 0. The standard InChI is InChI=1S/C15H7BrF6O2/c16-10-5-7(1-4-11(10)18)13(23)9-3-2-8(17)6-12(9)24-15(21,22)14(19)20/h1-6,14H. The van der Waals surface area contributed by atoms with Gasteiger partial charge in [0.1, 0.15) is 17.4 Å². The van der Waals surface area contributed by atoms with Crippen LogP contribution in [0, 0.1) is 11.6 Å². The molecule has 0 unspecified atom stereocenters. The number of ether oxygens (including phenoxy) is 1. The van der Waals surface area contributed by atoms with E-state index < -0.39 is 41.3 Å². The molecule has 0 saturated carbocycles. The van der Waals surface area contributed by atoms with E-state index in [1.165, 1.54) is 0 Å². The second kappa shape index (κ2) is 6.84. The fraction of sp³-hybridized carbons (Fsp3) is 0.133. The minimum absolute atomic E-state index is 0.0733. The summed E-state index contributed by atoms with van der Waals surface area (Å²) in [5.41, 5.74) is -0.713. The molecule has 2 rings (SSSR count). The second-order valence-corrected chi connectivity index (χ2v) is 5.42. The molecule has 0 aromatic heterocycles. The third-order valence-electron chi connectivity index (χ3n) is 2.87. The maximum Gasteiger partial charge on any atom is 0.461 e. The molecule has 2 aromatic rings. The molecule has 9 heteroatoms. The van der Waals surface area contributed by atoms with Gasteiger partial charge in [0, 0.05) is 11.6 Å². The number of benzene rings is 2. The van der Waals surface area contributed by atoms with E-state index in [9.17, 15) is 31.1 Å². The van der Waals surface area contributed by atoms with Crippen molar-refractivity contribution >= 4 is 21.7 Å². The molecule has 0 radical (unpaired) electrons. The topological polar surface area (TPSA) is 26.3 Å². The fourth-order valence-corrected chi connectivity index (χ4v) is 2.13. The van der Waals surface area contributed by atoms with E-state index in [0.29, 0.717) is 6.07 Å². The molecular formula is C15H7BrF6O2. The van der Waals surface area contributed by atoms with Crippen LogP contribution in [0.4, 0.5) is 26.3 Å². The third kappa shape index (κ3) is 3.89. The monoisotopic (exact) mass is 412 g/mol. The van der Waals surface area contributed by atoms with Gasteiger partial charge in [0.25, 0.3) is 0 Å². The van der Waals surface area contributed by atoms with Gasteiger partial charge in [-0.15, -0.1) is 0 Å². The summed E-state index contributed by atoms with van der Waals surface area (Å²) in [7, 11) is 0. The van der Waals surface area contributed by atoms with Gasteiger partial charge < -0.3 is 4.74 Å². The largest absolute Gasteiger partial charge is 0.461 e. The Morgan fingerprint density at radius 2 is 1.75 bits per heavy atom. The number of alkyl halides is 4. The zero-order valence-corrected chi connectivity index (χ0v) is 13.1. The van der Waals surface area contributed by atoms with Crippen molar-refractivity contribution in [3.8, 4) is 5.75 Å². The summed E-state index contributed by atoms with van der Waals surface area (Å²) in [6.07, 6.45) is -9.09. The molecular weight excluding hydrogens is 406 g/mol. The Balaban J connectivity index is 2.46. The van der Waals surface area contributed by atoms with Crippen molar-refractivity contribution < 1.29 is 35.9 Å². The van der Waals surface area contributed by atoms with Crippen LogP contribution in [0.1, 0.15) is 15.9 Å². The molecule has 0 saturated heterocycles. The zero-order chi connectivity index (χ0) is 18.1. The Hall–Kier alpha value is -2.03. The molecule has 24 heavy (non-hydrogen) atoms. The summed E-state index contributed by atoms with van der Waals surface area (Å²) in [6, 6.07) is 5.04. The number of halogens is 7. The number of hydrogen-bond donors (Lipinski definition) is 0. The molecule has 0 N–H and O–H groups in total. The van der Waals surface area contributed by atoms with E-state index in [0.717, 1.165) is 30.3 Å². The first-order valence-electron chi connectivity index (χ1n) is 6.26. The van der Waals surface area contributed by atoms with Gasteiger partial charge in [-0.2, -0.15) is 17.6 Å². The van der Waals surface area contributed by atoms with Gasteiger partial charge in [-0.25, -0.2) is 8.78 Å². The molecule has 0 spiro atoms. The molecule has 0 fully saturated rings. The molecule has 0 aliphatic rings. The van der Waals surface area contributed by atoms with Crippen molar-refractivity contribution in [1.82, 2.24) is 0 Å². The Morgan fingerprint density at radius 3 is 2.33 bits per heavy atom. The molecule has 128 valence electrons. The van der Waals surface area contributed by atoms with Gasteiger partial charge >= 0.3 is 12.5 Å². The zero-order valence-electron chi connectivity index (χ0n) is 11.5. The maximum atomic E-state index is 13.2. The Bertz CT molecular complexity index is 779. The SMILES string of the molecule is O=C(c1ccc(F)c(Br)c1)c1ccc(F)cc1OC(F)(F)C(F)F. The van der Waals surface area contributed by atoms with Crippen molar-refractivity contribution in [3.05, 3.63) is 63.6 Å². The first-order chi connectivity index (χ1) is 11.1. The second-order valence-electron chi connectivity index (χ2n) is 4.56. The first kappa shape index (κ1) is 18.3. The highest BCUT2D eigenvalue weighted by atomic mass is 79.9. The van der Waals surface area contributed by atoms with Crippen LogP contribution in [0.3, 0.4) is 0 Å². The van der Waals surface area contributed by atoms with Gasteiger partial charge in [0.15, 0.2) is 5.78 Å². The number of carbonyl (C=O) groups excluding carboxylic acids is 1. The summed E-state index contributed by atoms with van der Waals surface area (Å²) >= 11 is 2.85. The van der Waals surface area contributed by atoms with Crippen molar-refractivity contribution in [3.63, 3.8) is 0 Å². The molecule has 2 aromatic carbocycles. The lowest BCUT2D eigenvalue weighted by Crippen LogP contribution is -2.34. The molecule has 0 bridgehead atoms. The summed E-state index contributed by atoms with van der Waals surface area (Å²) in [4.78, 5) is 12.3. The van der Waals surface area contributed by atoms with Crippen LogP contribution in [-0.2, 0) is 0 Å². The van der Waals surface area contributed by atoms with Crippen LogP contribution in [0.25, 0.3) is 0 Å². The summed E-state index contributed by atoms with van der Waals surface area (Å²) in [5.74, 6) is -3.72. The molecule has 0 atom stereocenters. The minimum atomic E-state index is -4.91. The smallest absolute Gasteiger partial charge is 0.427 e. The van der Waals surface area contributed by atoms with Gasteiger partial charge in [0.2, 0.25) is 0 Å². The van der Waals surface area contributed by atoms with Crippen molar-refractivity contribution in [2.24, 2.45) is 0 Å². The van der Waals surface area contributed by atoms with Gasteiger partial charge in [0.05, 0.1) is 10.0 Å². The minimum Gasteiger partial charge on any atom is -0.427 e. The predicted octanol–water partition coefficient (Wildman–Crippen LogP) is 5.20. The van der Waals surface area contributed by atoms with Crippen LogP contribution in [0.2, 0.25) is 0 Å². The lowest BCUT2D eigenvalue weighted by molar-refractivity contribution is -0.253. The average Bonchev–Trinajstić information content (AvgIpc) is 2.49. The number of carbonyl (C=O) groups is 1. The van der Waals surface area contributed by atoms with E-state index in [-0.39, 0.29) is 10.0 Å². The van der Waals surface area contributed by atoms with Crippen molar-refractivity contribution in [1.29, 1.82) is 0 Å². The molecule has 0 aliphatic heterocycles. The Morgan fingerprint density at radius 1 is 1.08 bits per heavy atom. The lowest BCUT2D eigenvalue weighted by Gasteiger charge is -2.18. The maximum absolute atomic E-state index is 13.2. The van der Waals surface area contributed by atoms with Gasteiger partial charge in [-0.3, -0.25) is 4.79 Å². The molecule has 2 nitrogen and oxygen atoms in total. The van der Waals surface area contributed by atoms with Crippen LogP contribution in [-0.4, -0.2) is 18.3 Å². The van der Waals surface area contributed by atoms with Crippen LogP contribution >= 0.6 is 15.9 Å². The normalized spacial score (nSPS) is 11.7. The molecule has 0 heterocycles. The van der Waals surface area contributed by atoms with Crippen molar-refractivity contribution in [2.75, 3.05) is 0 Å². The van der Waals surface area contributed by atoms with Crippen molar-refractivity contribution in [2.45, 2.75) is 12.5 Å². The third-order valence-corrected chi connectivity index (χ3v) is 3.48. The molecule has 0 aliphatic carbocycles. The van der Waals surface area contributed by atoms with E-state index in [2.05, 4.69) is 20.7 Å². The first-order valence-corrected chi connectivity index (χ1v) is 7.05. The summed E-state index contributed by atoms with van der Waals surface area (Å²) in [5, 5.41) is 0. The number of hydrogen-bond acceptors (Lipinski definition) is 2. The highest BCUT2D eigenvalue weighted by molar-refractivity contribution is 9.10. The van der Waals surface area contributed by atoms with Crippen LogP contribution in [0.15, 0.2) is 40.9 Å². The quantitative estimate of drug-likeness (QED) is 0.498. The predicted molar refractivity (Wildman–Crippen MR) is 75.5 cm³/mol. The van der Waals surface area contributed by atoms with Gasteiger partial charge in [-0.1, -0.05) is 0 Å². The average molecular weight is 413 g/mol. The lowest BCUT2D eigenvalue weighted by atomic mass is 10.0. The summed E-state index contributed by atoms with van der Waals surface area (Å²) < 4.78 is 80.8. The van der Waals surface area contributed by atoms with E-state index in [4.69, 9.17) is 0 Å². The number of rotatable bonds is 5. The van der Waals surface area contributed by atoms with E-state index >= 15 is 0 Å². The van der Waals surface area contributed by atoms with Crippen LogP contribution < -0.4 is 4.74 Å². The van der Waals surface area contributed by atoms with E-state index in [1.54, 1.807) is 0 Å². The Kier molecular flexibility index (Phi) is 5.22. The fourth-order valence-electron chi connectivity index (χ4n) is 1.75. The van der Waals surface area contributed by atoms with E-state index in [1.807, 2.05) is 0 Å². The highest BCUT2D eigenvalue weighted by Gasteiger charge is 2.44. The van der Waals surface area contributed by atoms with Gasteiger partial charge in [-0.05, 0) is 46.3 Å². The highest BCUT2D eigenvalue weighted by Crippen LogP contribution is 2.32.